The van der Waals surface area contributed by atoms with Crippen LogP contribution < -0.4 is 11.3 Å². The summed E-state index contributed by atoms with van der Waals surface area (Å²) in [5, 5.41) is 0.773. The molecule has 1 heterocycles. The fraction of sp³-hybridized carbons (Fsp3) is 0.357. The molecule has 1 atom stereocenters. The average Bonchev–Trinajstić information content (AvgIpc) is 2.86. The van der Waals surface area contributed by atoms with Gasteiger partial charge in [-0.1, -0.05) is 23.7 Å². The number of aromatic nitrogens is 2. The Labute approximate surface area is 118 Å². The Kier molecular flexibility index (Phi) is 4.58. The topological polar surface area (TPSA) is 55.9 Å². The van der Waals surface area contributed by atoms with Crippen LogP contribution in [0.25, 0.3) is 0 Å². The molecule has 0 spiro atoms. The molecule has 2 rings (SSSR count). The minimum absolute atomic E-state index is 0.0312. The highest BCUT2D eigenvalue weighted by Crippen LogP contribution is 2.22. The number of nitrogens with zero attached hydrogens (tertiary/aromatic N) is 2. The summed E-state index contributed by atoms with van der Waals surface area (Å²) in [6.45, 7) is 5.00. The number of halogens is 1. The Morgan fingerprint density at radius 1 is 1.47 bits per heavy atom. The van der Waals surface area contributed by atoms with Gasteiger partial charge in [-0.25, -0.2) is 4.98 Å². The lowest BCUT2D eigenvalue weighted by Gasteiger charge is -2.17. The van der Waals surface area contributed by atoms with Crippen LogP contribution in [0, 0.1) is 6.92 Å². The van der Waals surface area contributed by atoms with Crippen molar-refractivity contribution in [3.8, 4) is 0 Å². The van der Waals surface area contributed by atoms with Crippen LogP contribution in [0.3, 0.4) is 0 Å². The predicted octanol–water partition coefficient (Wildman–Crippen LogP) is 2.61. The van der Waals surface area contributed by atoms with Crippen molar-refractivity contribution in [1.29, 1.82) is 0 Å². The van der Waals surface area contributed by atoms with Crippen molar-refractivity contribution in [3.05, 3.63) is 52.6 Å². The van der Waals surface area contributed by atoms with Crippen LogP contribution in [-0.4, -0.2) is 9.55 Å². The van der Waals surface area contributed by atoms with E-state index in [0.717, 1.165) is 34.9 Å². The lowest BCUT2D eigenvalue weighted by Crippen LogP contribution is -2.30. The molecule has 0 aliphatic heterocycles. The number of imidazole rings is 1. The maximum absolute atomic E-state index is 6.05. The van der Waals surface area contributed by atoms with Gasteiger partial charge < -0.3 is 4.57 Å². The highest BCUT2D eigenvalue weighted by Gasteiger charge is 2.14. The molecular weight excluding hydrogens is 260 g/mol. The van der Waals surface area contributed by atoms with Crippen molar-refractivity contribution in [3.63, 3.8) is 0 Å². The molecule has 0 aliphatic carbocycles. The molecule has 0 amide bonds. The van der Waals surface area contributed by atoms with E-state index in [-0.39, 0.29) is 6.04 Å². The van der Waals surface area contributed by atoms with Crippen molar-refractivity contribution < 1.29 is 0 Å². The van der Waals surface area contributed by atoms with Crippen LogP contribution in [0.15, 0.2) is 30.6 Å². The van der Waals surface area contributed by atoms with Crippen LogP contribution in [0.2, 0.25) is 5.02 Å². The van der Waals surface area contributed by atoms with E-state index < -0.39 is 0 Å². The normalized spacial score (nSPS) is 12.6. The molecule has 102 valence electrons. The summed E-state index contributed by atoms with van der Waals surface area (Å²) in [6.07, 6.45) is 4.55. The summed E-state index contributed by atoms with van der Waals surface area (Å²) in [7, 11) is 0. The van der Waals surface area contributed by atoms with E-state index in [0.29, 0.717) is 0 Å². The first-order chi connectivity index (χ1) is 9.15. The summed E-state index contributed by atoms with van der Waals surface area (Å²) in [6, 6.07) is 6.00. The fourth-order valence-electron chi connectivity index (χ4n) is 2.16. The molecule has 0 saturated heterocycles. The van der Waals surface area contributed by atoms with E-state index >= 15 is 0 Å². The van der Waals surface area contributed by atoms with Gasteiger partial charge in [0.25, 0.3) is 0 Å². The standard InChI is InChI=1S/C14H19ClN4/c1-3-19-7-6-17-14(19)9-13(18-16)11-4-5-12(15)10(2)8-11/h4-8,13,18H,3,9,16H2,1-2H3. The molecule has 0 radical (unpaired) electrons. The number of aryl methyl sites for hydroxylation is 2. The van der Waals surface area contributed by atoms with Crippen LogP contribution in [0.4, 0.5) is 0 Å². The van der Waals surface area contributed by atoms with Gasteiger partial charge >= 0.3 is 0 Å². The van der Waals surface area contributed by atoms with Gasteiger partial charge in [-0.15, -0.1) is 0 Å². The first-order valence-corrected chi connectivity index (χ1v) is 6.75. The quantitative estimate of drug-likeness (QED) is 0.653. The van der Waals surface area contributed by atoms with E-state index in [9.17, 15) is 0 Å². The number of hydrazine groups is 1. The van der Waals surface area contributed by atoms with Crippen LogP contribution in [0.1, 0.15) is 29.9 Å². The molecule has 0 aliphatic rings. The van der Waals surface area contributed by atoms with Crippen molar-refractivity contribution in [2.24, 2.45) is 5.84 Å². The first-order valence-electron chi connectivity index (χ1n) is 6.38. The maximum Gasteiger partial charge on any atom is 0.110 e. The molecule has 19 heavy (non-hydrogen) atoms. The molecule has 1 aromatic heterocycles. The molecule has 1 unspecified atom stereocenters. The summed E-state index contributed by atoms with van der Waals surface area (Å²) < 4.78 is 2.12. The maximum atomic E-state index is 6.05. The highest BCUT2D eigenvalue weighted by atomic mass is 35.5. The van der Waals surface area contributed by atoms with E-state index in [2.05, 4.69) is 28.0 Å². The molecule has 1 aromatic carbocycles. The Bertz CT molecular complexity index is 550. The first kappa shape index (κ1) is 14.1. The Morgan fingerprint density at radius 3 is 2.89 bits per heavy atom. The number of benzene rings is 1. The van der Waals surface area contributed by atoms with Crippen molar-refractivity contribution in [2.75, 3.05) is 0 Å². The van der Waals surface area contributed by atoms with Gasteiger partial charge in [0, 0.05) is 30.4 Å². The summed E-state index contributed by atoms with van der Waals surface area (Å²) >= 11 is 6.05. The minimum Gasteiger partial charge on any atom is -0.335 e. The molecular formula is C14H19ClN4. The van der Waals surface area contributed by atoms with Gasteiger partial charge in [-0.05, 0) is 31.0 Å². The van der Waals surface area contributed by atoms with Gasteiger partial charge in [0.2, 0.25) is 0 Å². The zero-order valence-electron chi connectivity index (χ0n) is 11.2. The SMILES string of the molecule is CCn1ccnc1CC(NN)c1ccc(Cl)c(C)c1. The number of nitrogens with one attached hydrogen (secondary N) is 1. The van der Waals surface area contributed by atoms with Crippen LogP contribution in [0.5, 0.6) is 0 Å². The van der Waals surface area contributed by atoms with Gasteiger partial charge in [0.15, 0.2) is 0 Å². The zero-order valence-corrected chi connectivity index (χ0v) is 12.0. The molecule has 0 saturated carbocycles. The third kappa shape index (κ3) is 3.15. The molecule has 0 fully saturated rings. The van der Waals surface area contributed by atoms with E-state index in [1.165, 1.54) is 0 Å². The molecule has 0 bridgehead atoms. The summed E-state index contributed by atoms with van der Waals surface area (Å²) in [5.41, 5.74) is 5.03. The smallest absolute Gasteiger partial charge is 0.110 e. The van der Waals surface area contributed by atoms with Crippen molar-refractivity contribution in [2.45, 2.75) is 32.9 Å². The van der Waals surface area contributed by atoms with Crippen LogP contribution in [-0.2, 0) is 13.0 Å². The zero-order chi connectivity index (χ0) is 13.8. The third-order valence-electron chi connectivity index (χ3n) is 3.31. The predicted molar refractivity (Wildman–Crippen MR) is 77.9 cm³/mol. The molecule has 5 heteroatoms. The number of hydrogen-bond donors (Lipinski definition) is 2. The fourth-order valence-corrected chi connectivity index (χ4v) is 2.28. The Balaban J connectivity index is 2.22. The average molecular weight is 279 g/mol. The van der Waals surface area contributed by atoms with E-state index in [1.807, 2.05) is 31.5 Å². The second-order valence-electron chi connectivity index (χ2n) is 4.56. The summed E-state index contributed by atoms with van der Waals surface area (Å²) in [5.74, 6) is 6.71. The van der Waals surface area contributed by atoms with Crippen molar-refractivity contribution >= 4 is 11.6 Å². The highest BCUT2D eigenvalue weighted by molar-refractivity contribution is 6.31. The number of hydrogen-bond acceptors (Lipinski definition) is 3. The Morgan fingerprint density at radius 2 is 2.26 bits per heavy atom. The third-order valence-corrected chi connectivity index (χ3v) is 3.74. The monoisotopic (exact) mass is 278 g/mol. The Hall–Kier alpha value is -1.36. The largest absolute Gasteiger partial charge is 0.335 e. The van der Waals surface area contributed by atoms with E-state index in [4.69, 9.17) is 17.4 Å². The lowest BCUT2D eigenvalue weighted by molar-refractivity contribution is 0.523. The second-order valence-corrected chi connectivity index (χ2v) is 4.97. The molecule has 3 N–H and O–H groups in total. The number of rotatable bonds is 5. The van der Waals surface area contributed by atoms with Crippen LogP contribution >= 0.6 is 11.6 Å². The second kappa shape index (κ2) is 6.19. The lowest BCUT2D eigenvalue weighted by atomic mass is 10.0. The van der Waals surface area contributed by atoms with Gasteiger partial charge in [-0.3, -0.25) is 11.3 Å². The number of nitrogens with two attached hydrogens (primary N) is 1. The molecule has 4 nitrogen and oxygen atoms in total. The van der Waals surface area contributed by atoms with Crippen molar-refractivity contribution in [1.82, 2.24) is 15.0 Å². The van der Waals surface area contributed by atoms with Gasteiger partial charge in [0.1, 0.15) is 5.82 Å². The van der Waals surface area contributed by atoms with E-state index in [1.54, 1.807) is 0 Å². The van der Waals surface area contributed by atoms with Gasteiger partial charge in [-0.2, -0.15) is 0 Å². The molecule has 2 aromatic rings. The summed E-state index contributed by atoms with van der Waals surface area (Å²) in [4.78, 5) is 4.38. The van der Waals surface area contributed by atoms with Gasteiger partial charge in [0.05, 0.1) is 6.04 Å². The minimum atomic E-state index is 0.0312.